The van der Waals surface area contributed by atoms with Crippen molar-refractivity contribution in [3.05, 3.63) is 34.0 Å². The third-order valence-electron chi connectivity index (χ3n) is 8.05. The van der Waals surface area contributed by atoms with Crippen LogP contribution >= 0.6 is 22.6 Å². The highest BCUT2D eigenvalue weighted by Crippen LogP contribution is 2.41. The van der Waals surface area contributed by atoms with Gasteiger partial charge in [0.05, 0.1) is 37.9 Å². The van der Waals surface area contributed by atoms with Crippen molar-refractivity contribution in [2.24, 2.45) is 11.8 Å². The van der Waals surface area contributed by atoms with Crippen molar-refractivity contribution in [3.63, 3.8) is 0 Å². The second-order valence-electron chi connectivity index (χ2n) is 12.0. The number of carbonyl (C=O) groups is 1. The van der Waals surface area contributed by atoms with E-state index >= 15 is 0 Å². The van der Waals surface area contributed by atoms with Gasteiger partial charge in [0.1, 0.15) is 0 Å². The molecule has 7 nitrogen and oxygen atoms in total. The molecule has 1 fully saturated rings. The minimum absolute atomic E-state index is 0.0552. The molecule has 1 saturated heterocycles. The Morgan fingerprint density at radius 1 is 1.24 bits per heavy atom. The predicted octanol–water partition coefficient (Wildman–Crippen LogP) is 6.56. The van der Waals surface area contributed by atoms with Crippen molar-refractivity contribution in [1.29, 1.82) is 0 Å². The second kappa shape index (κ2) is 15.4. The number of halogens is 1. The van der Waals surface area contributed by atoms with Crippen LogP contribution in [0.15, 0.2) is 34.0 Å². The van der Waals surface area contributed by atoms with Crippen LogP contribution in [0.1, 0.15) is 60.8 Å². The van der Waals surface area contributed by atoms with Gasteiger partial charge < -0.3 is 28.5 Å². The van der Waals surface area contributed by atoms with Crippen LogP contribution in [0.4, 0.5) is 0 Å². The standard InChI is InChI=1S/C29H51IO7Si/c1-20(16-23(14-12-13-15-30)37-38(10,11)28(4,5)6)17-25(33-7)22(3)27-21(2)24(31)18-29(35-9,36-27)19-26(32)34-8/h12-15,17,21-25,27,31H,16,18-19H2,1-11H3/b14-12+,15-13+,20-17+/t21-,22-,23?,24+,25-,27-,29+/m0/s1. The SMILES string of the molecule is COC(=O)C[C@@]1(OC)C[C@@H](O)[C@H](C)[C@@H]([C@@H](C)[C@H](/C=C(\C)CC(/C=C/C=C/I)O[Si](C)(C)C(C)(C)C)OC)O1. The van der Waals surface area contributed by atoms with E-state index in [0.29, 0.717) is 0 Å². The lowest BCUT2D eigenvalue weighted by Crippen LogP contribution is -2.56. The van der Waals surface area contributed by atoms with Crippen LogP contribution in [-0.2, 0) is 28.2 Å². The van der Waals surface area contributed by atoms with Gasteiger partial charge in [-0.25, -0.2) is 0 Å². The van der Waals surface area contributed by atoms with Crippen LogP contribution in [0, 0.1) is 11.8 Å². The Labute approximate surface area is 245 Å². The maximum absolute atomic E-state index is 12.1. The Morgan fingerprint density at radius 2 is 1.87 bits per heavy atom. The predicted molar refractivity (Wildman–Crippen MR) is 164 cm³/mol. The van der Waals surface area contributed by atoms with Crippen molar-refractivity contribution >= 4 is 36.9 Å². The summed E-state index contributed by atoms with van der Waals surface area (Å²) in [5, 5.41) is 11.0. The highest BCUT2D eigenvalue weighted by atomic mass is 127. The van der Waals surface area contributed by atoms with Crippen molar-refractivity contribution in [1.82, 2.24) is 0 Å². The molecule has 7 atom stereocenters. The number of esters is 1. The van der Waals surface area contributed by atoms with E-state index in [1.54, 1.807) is 7.11 Å². The fraction of sp³-hybridized carbons (Fsp3) is 0.759. The Morgan fingerprint density at radius 3 is 2.37 bits per heavy atom. The zero-order valence-corrected chi connectivity index (χ0v) is 28.4. The monoisotopic (exact) mass is 666 g/mol. The van der Waals surface area contributed by atoms with Gasteiger partial charge in [-0.1, -0.05) is 87.1 Å². The van der Waals surface area contributed by atoms with E-state index in [1.165, 1.54) is 14.2 Å². The van der Waals surface area contributed by atoms with E-state index in [0.717, 1.165) is 12.0 Å². The molecule has 0 bridgehead atoms. The second-order valence-corrected chi connectivity index (χ2v) is 17.5. The fourth-order valence-corrected chi connectivity index (χ4v) is 6.06. The first-order chi connectivity index (χ1) is 17.6. The maximum atomic E-state index is 12.1. The minimum Gasteiger partial charge on any atom is -0.469 e. The average Bonchev–Trinajstić information content (AvgIpc) is 2.83. The Bertz CT molecular complexity index is 835. The summed E-state index contributed by atoms with van der Waals surface area (Å²) in [5.74, 6) is -1.98. The summed E-state index contributed by atoms with van der Waals surface area (Å²) in [5.41, 5.74) is 1.15. The molecule has 1 aliphatic heterocycles. The van der Waals surface area contributed by atoms with E-state index in [2.05, 4.69) is 75.5 Å². The van der Waals surface area contributed by atoms with Gasteiger partial charge in [-0.3, -0.25) is 4.79 Å². The van der Waals surface area contributed by atoms with Crippen LogP contribution < -0.4 is 0 Å². The quantitative estimate of drug-likeness (QED) is 0.0784. The number of hydrogen-bond donors (Lipinski definition) is 1. The number of hydrogen-bond acceptors (Lipinski definition) is 7. The summed E-state index contributed by atoms with van der Waals surface area (Å²) in [6.45, 7) is 17.4. The first kappa shape index (κ1) is 35.5. The number of methoxy groups -OCH3 is 3. The van der Waals surface area contributed by atoms with E-state index < -0.39 is 32.3 Å². The zero-order valence-electron chi connectivity index (χ0n) is 25.2. The summed E-state index contributed by atoms with van der Waals surface area (Å²) in [6.07, 6.45) is 7.72. The van der Waals surface area contributed by atoms with Gasteiger partial charge in [0.2, 0.25) is 0 Å². The molecule has 0 amide bonds. The van der Waals surface area contributed by atoms with Crippen molar-refractivity contribution < 1.29 is 33.3 Å². The molecule has 38 heavy (non-hydrogen) atoms. The van der Waals surface area contributed by atoms with Gasteiger partial charge in [0, 0.05) is 32.5 Å². The van der Waals surface area contributed by atoms with Gasteiger partial charge in [-0.05, 0) is 35.6 Å². The maximum Gasteiger partial charge on any atom is 0.310 e. The number of allylic oxidation sites excluding steroid dienone is 2. The van der Waals surface area contributed by atoms with Crippen LogP contribution in [0.25, 0.3) is 0 Å². The Balaban J connectivity index is 3.19. The number of ether oxygens (including phenoxy) is 4. The van der Waals surface area contributed by atoms with E-state index in [4.69, 9.17) is 23.4 Å². The first-order valence-electron chi connectivity index (χ1n) is 13.4. The van der Waals surface area contributed by atoms with Crippen LogP contribution in [0.2, 0.25) is 18.1 Å². The van der Waals surface area contributed by atoms with Crippen molar-refractivity contribution in [2.45, 2.75) is 109 Å². The highest BCUT2D eigenvalue weighted by molar-refractivity contribution is 14.1. The number of aliphatic hydroxyl groups is 1. The first-order valence-corrected chi connectivity index (χ1v) is 17.5. The third-order valence-corrected chi connectivity index (χ3v) is 13.0. The summed E-state index contributed by atoms with van der Waals surface area (Å²) in [7, 11) is 2.53. The van der Waals surface area contributed by atoms with Crippen molar-refractivity contribution in [3.8, 4) is 0 Å². The lowest BCUT2D eigenvalue weighted by molar-refractivity contribution is -0.311. The van der Waals surface area contributed by atoms with E-state index in [-0.39, 0.29) is 41.9 Å². The minimum atomic E-state index is -1.98. The van der Waals surface area contributed by atoms with Gasteiger partial charge >= 0.3 is 5.97 Å². The lowest BCUT2D eigenvalue weighted by Gasteiger charge is -2.47. The summed E-state index contributed by atoms with van der Waals surface area (Å²) in [4.78, 5) is 12.1. The van der Waals surface area contributed by atoms with Crippen LogP contribution in [0.5, 0.6) is 0 Å². The van der Waals surface area contributed by atoms with Crippen molar-refractivity contribution in [2.75, 3.05) is 21.3 Å². The van der Waals surface area contributed by atoms with Crippen LogP contribution in [0.3, 0.4) is 0 Å². The molecule has 0 aromatic carbocycles. The summed E-state index contributed by atoms with van der Waals surface area (Å²) < 4.78 is 31.6. The zero-order chi connectivity index (χ0) is 29.3. The Kier molecular flexibility index (Phi) is 14.4. The van der Waals surface area contributed by atoms with Gasteiger partial charge in [-0.15, -0.1) is 0 Å². The number of rotatable bonds is 13. The van der Waals surface area contributed by atoms with E-state index in [1.807, 2.05) is 30.1 Å². The molecule has 1 N–H and O–H groups in total. The molecular formula is C29H51IO7Si. The fourth-order valence-electron chi connectivity index (χ4n) is 4.54. The molecular weight excluding hydrogens is 615 g/mol. The van der Waals surface area contributed by atoms with Gasteiger partial charge in [-0.2, -0.15) is 0 Å². The Hall–Kier alpha value is -0.563. The van der Waals surface area contributed by atoms with Gasteiger partial charge in [0.15, 0.2) is 14.1 Å². The topological polar surface area (TPSA) is 83.5 Å². The molecule has 0 radical (unpaired) electrons. The number of carbonyl (C=O) groups excluding carboxylic acids is 1. The normalized spacial score (nSPS) is 28.0. The largest absolute Gasteiger partial charge is 0.469 e. The highest BCUT2D eigenvalue weighted by Gasteiger charge is 2.49. The molecule has 0 aliphatic carbocycles. The molecule has 1 aliphatic rings. The summed E-state index contributed by atoms with van der Waals surface area (Å²) in [6, 6.07) is 0. The molecule has 0 saturated carbocycles. The smallest absolute Gasteiger partial charge is 0.310 e. The molecule has 220 valence electrons. The van der Waals surface area contributed by atoms with Crippen LogP contribution in [-0.4, -0.2) is 70.9 Å². The molecule has 0 spiro atoms. The molecule has 0 aromatic heterocycles. The molecule has 0 aromatic rings. The molecule has 9 heteroatoms. The molecule has 1 heterocycles. The lowest BCUT2D eigenvalue weighted by atomic mass is 9.80. The van der Waals surface area contributed by atoms with E-state index in [9.17, 15) is 9.90 Å². The summed E-state index contributed by atoms with van der Waals surface area (Å²) >= 11 is 2.21. The molecule has 1 unspecified atom stereocenters. The number of aliphatic hydroxyl groups excluding tert-OH is 1. The average molecular weight is 667 g/mol. The third kappa shape index (κ3) is 10.1. The molecule has 1 rings (SSSR count). The van der Waals surface area contributed by atoms with Gasteiger partial charge in [0.25, 0.3) is 0 Å².